The summed E-state index contributed by atoms with van der Waals surface area (Å²) in [6.45, 7) is 4.81. The van der Waals surface area contributed by atoms with E-state index in [4.69, 9.17) is 4.74 Å². The van der Waals surface area contributed by atoms with Crippen molar-refractivity contribution in [3.8, 4) is 0 Å². The van der Waals surface area contributed by atoms with E-state index in [9.17, 15) is 14.4 Å². The van der Waals surface area contributed by atoms with Crippen molar-refractivity contribution in [3.05, 3.63) is 52.8 Å². The normalized spacial score (nSPS) is 10.3. The van der Waals surface area contributed by atoms with Gasteiger partial charge in [0.25, 0.3) is 0 Å². The number of carbonyl (C=O) groups is 3. The first-order chi connectivity index (χ1) is 11.3. The number of aromatic nitrogens is 1. The van der Waals surface area contributed by atoms with Crippen molar-refractivity contribution in [1.82, 2.24) is 4.57 Å². The fourth-order valence-corrected chi connectivity index (χ4v) is 2.36. The molecule has 126 valence electrons. The smallest absolute Gasteiger partial charge is 0.338 e. The van der Waals surface area contributed by atoms with Crippen LogP contribution in [0.3, 0.4) is 0 Å². The largest absolute Gasteiger partial charge is 0.454 e. The van der Waals surface area contributed by atoms with E-state index in [1.54, 1.807) is 24.3 Å². The Bertz CT molecular complexity index is 805. The van der Waals surface area contributed by atoms with Gasteiger partial charge in [0.05, 0.1) is 5.56 Å². The van der Waals surface area contributed by atoms with Gasteiger partial charge < -0.3 is 14.6 Å². The monoisotopic (exact) mass is 328 g/mol. The van der Waals surface area contributed by atoms with Crippen LogP contribution in [-0.2, 0) is 16.6 Å². The lowest BCUT2D eigenvalue weighted by Crippen LogP contribution is -2.15. The van der Waals surface area contributed by atoms with E-state index in [1.165, 1.54) is 13.0 Å². The number of nitrogens with one attached hydrogen (secondary N) is 1. The molecule has 0 aliphatic carbocycles. The summed E-state index contributed by atoms with van der Waals surface area (Å²) in [5.41, 5.74) is 3.12. The number of rotatable bonds is 5. The second-order valence-corrected chi connectivity index (χ2v) is 5.61. The van der Waals surface area contributed by atoms with E-state index in [-0.39, 0.29) is 23.9 Å². The van der Waals surface area contributed by atoms with Gasteiger partial charge in [0.2, 0.25) is 11.7 Å². The number of Topliss-reactive ketones (excluding diaryl/α,β-unsaturated/α-hetero) is 1. The molecule has 1 N–H and O–H groups in total. The van der Waals surface area contributed by atoms with Crippen LogP contribution >= 0.6 is 0 Å². The first-order valence-electron chi connectivity index (χ1n) is 7.50. The molecule has 0 spiro atoms. The second kappa shape index (κ2) is 7.12. The summed E-state index contributed by atoms with van der Waals surface area (Å²) in [5.74, 6) is -1.09. The minimum atomic E-state index is -0.610. The van der Waals surface area contributed by atoms with Crippen molar-refractivity contribution in [2.75, 3.05) is 11.9 Å². The number of hydrogen-bond acceptors (Lipinski definition) is 4. The maximum atomic E-state index is 12.2. The van der Waals surface area contributed by atoms with E-state index in [2.05, 4.69) is 5.32 Å². The average molecular weight is 328 g/mol. The minimum absolute atomic E-state index is 0.231. The van der Waals surface area contributed by atoms with Crippen molar-refractivity contribution >= 4 is 23.3 Å². The van der Waals surface area contributed by atoms with Gasteiger partial charge in [-0.25, -0.2) is 4.79 Å². The Hall–Kier alpha value is -2.89. The number of anilines is 1. The highest BCUT2D eigenvalue weighted by Gasteiger charge is 2.17. The molecule has 0 atom stereocenters. The van der Waals surface area contributed by atoms with Crippen LogP contribution in [0.4, 0.5) is 5.69 Å². The molecule has 0 fully saturated rings. The predicted molar refractivity (Wildman–Crippen MR) is 90.2 cm³/mol. The summed E-state index contributed by atoms with van der Waals surface area (Å²) in [7, 11) is 1.88. The molecule has 6 nitrogen and oxygen atoms in total. The highest BCUT2D eigenvalue weighted by Crippen LogP contribution is 2.15. The Kier molecular flexibility index (Phi) is 5.18. The van der Waals surface area contributed by atoms with Gasteiger partial charge in [-0.2, -0.15) is 0 Å². The quantitative estimate of drug-likeness (QED) is 0.676. The fraction of sp³-hybridized carbons (Fsp3) is 0.278. The van der Waals surface area contributed by atoms with Crippen LogP contribution in [0, 0.1) is 13.8 Å². The molecular formula is C18H20N2O4. The summed E-state index contributed by atoms with van der Waals surface area (Å²) in [5, 5.41) is 2.59. The molecule has 0 aliphatic heterocycles. The third kappa shape index (κ3) is 3.90. The lowest BCUT2D eigenvalue weighted by molar-refractivity contribution is -0.114. The molecule has 0 saturated heterocycles. The van der Waals surface area contributed by atoms with Gasteiger partial charge in [0.1, 0.15) is 0 Å². The van der Waals surface area contributed by atoms with Gasteiger partial charge in [-0.05, 0) is 38.1 Å². The van der Waals surface area contributed by atoms with Crippen molar-refractivity contribution in [3.63, 3.8) is 0 Å². The molecule has 0 bridgehead atoms. The topological polar surface area (TPSA) is 77.4 Å². The molecule has 0 unspecified atom stereocenters. The number of carbonyl (C=O) groups excluding carboxylic acids is 3. The number of ether oxygens (including phenoxy) is 1. The zero-order chi connectivity index (χ0) is 17.9. The molecule has 2 rings (SSSR count). The van der Waals surface area contributed by atoms with E-state index >= 15 is 0 Å². The van der Waals surface area contributed by atoms with Crippen molar-refractivity contribution in [1.29, 1.82) is 0 Å². The third-order valence-corrected chi connectivity index (χ3v) is 3.83. The first-order valence-corrected chi connectivity index (χ1v) is 7.50. The van der Waals surface area contributed by atoms with Gasteiger partial charge in [0.15, 0.2) is 6.61 Å². The number of ketones is 1. The van der Waals surface area contributed by atoms with Crippen LogP contribution in [0.15, 0.2) is 30.3 Å². The molecule has 0 saturated carbocycles. The zero-order valence-electron chi connectivity index (χ0n) is 14.2. The van der Waals surface area contributed by atoms with Gasteiger partial charge in [0, 0.05) is 36.6 Å². The fourth-order valence-electron chi connectivity index (χ4n) is 2.36. The molecule has 1 aromatic heterocycles. The van der Waals surface area contributed by atoms with Crippen LogP contribution < -0.4 is 5.32 Å². The van der Waals surface area contributed by atoms with Crippen LogP contribution in [0.25, 0.3) is 0 Å². The summed E-state index contributed by atoms with van der Waals surface area (Å²) in [6.07, 6.45) is 0. The minimum Gasteiger partial charge on any atom is -0.454 e. The van der Waals surface area contributed by atoms with Gasteiger partial charge in [-0.1, -0.05) is 6.07 Å². The summed E-state index contributed by atoms with van der Waals surface area (Å²) < 4.78 is 7.01. The summed E-state index contributed by atoms with van der Waals surface area (Å²) in [6, 6.07) is 8.15. The molecular weight excluding hydrogens is 308 g/mol. The number of amides is 1. The average Bonchev–Trinajstić information content (AvgIpc) is 2.79. The van der Waals surface area contributed by atoms with E-state index in [0.29, 0.717) is 11.3 Å². The molecule has 6 heteroatoms. The second-order valence-electron chi connectivity index (χ2n) is 5.61. The standard InChI is InChI=1S/C18H20N2O4/c1-11-8-16(12(2)20(11)4)17(22)10-24-18(23)14-6-5-7-15(9-14)19-13(3)21/h5-9H,10H2,1-4H3,(H,19,21). The van der Waals surface area contributed by atoms with Crippen LogP contribution in [-0.4, -0.2) is 28.8 Å². The first kappa shape index (κ1) is 17.5. The number of nitrogens with zero attached hydrogens (tertiary/aromatic N) is 1. The van der Waals surface area contributed by atoms with Crippen LogP contribution in [0.2, 0.25) is 0 Å². The predicted octanol–water partition coefficient (Wildman–Crippen LogP) is 2.64. The Morgan fingerprint density at radius 2 is 1.88 bits per heavy atom. The summed E-state index contributed by atoms with van der Waals surface area (Å²) in [4.78, 5) is 35.4. The Balaban J connectivity index is 2.03. The number of benzene rings is 1. The molecule has 1 heterocycles. The Morgan fingerprint density at radius 3 is 2.46 bits per heavy atom. The van der Waals surface area contributed by atoms with Crippen LogP contribution in [0.5, 0.6) is 0 Å². The van der Waals surface area contributed by atoms with Crippen molar-refractivity contribution in [2.45, 2.75) is 20.8 Å². The molecule has 1 amide bonds. The molecule has 2 aromatic rings. The number of aryl methyl sites for hydroxylation is 1. The SMILES string of the molecule is CC(=O)Nc1cccc(C(=O)OCC(=O)c2cc(C)n(C)c2C)c1. The molecule has 1 aromatic carbocycles. The maximum absolute atomic E-state index is 12.2. The lowest BCUT2D eigenvalue weighted by atomic mass is 10.1. The highest BCUT2D eigenvalue weighted by molar-refractivity contribution is 6.00. The van der Waals surface area contributed by atoms with Gasteiger partial charge >= 0.3 is 5.97 Å². The highest BCUT2D eigenvalue weighted by atomic mass is 16.5. The number of hydrogen-bond donors (Lipinski definition) is 1. The zero-order valence-corrected chi connectivity index (χ0v) is 14.2. The molecule has 24 heavy (non-hydrogen) atoms. The van der Waals surface area contributed by atoms with Crippen LogP contribution in [0.1, 0.15) is 39.0 Å². The van der Waals surface area contributed by atoms with Crippen molar-refractivity contribution in [2.24, 2.45) is 7.05 Å². The van der Waals surface area contributed by atoms with Gasteiger partial charge in [-0.15, -0.1) is 0 Å². The number of esters is 1. The Morgan fingerprint density at radius 1 is 1.17 bits per heavy atom. The van der Waals surface area contributed by atoms with E-state index < -0.39 is 5.97 Å². The van der Waals surface area contributed by atoms with E-state index in [1.807, 2.05) is 25.5 Å². The summed E-state index contributed by atoms with van der Waals surface area (Å²) >= 11 is 0. The molecule has 0 radical (unpaired) electrons. The third-order valence-electron chi connectivity index (χ3n) is 3.83. The van der Waals surface area contributed by atoms with Gasteiger partial charge in [-0.3, -0.25) is 9.59 Å². The lowest BCUT2D eigenvalue weighted by Gasteiger charge is -2.07. The van der Waals surface area contributed by atoms with E-state index in [0.717, 1.165) is 11.4 Å². The molecule has 0 aliphatic rings. The Labute approximate surface area is 140 Å². The maximum Gasteiger partial charge on any atom is 0.338 e. The van der Waals surface area contributed by atoms with Crippen molar-refractivity contribution < 1.29 is 19.1 Å².